The van der Waals surface area contributed by atoms with Gasteiger partial charge in [-0.2, -0.15) is 0 Å². The lowest BCUT2D eigenvalue weighted by Crippen LogP contribution is -2.10. The molecule has 0 aliphatic heterocycles. The van der Waals surface area contributed by atoms with Crippen molar-refractivity contribution >= 4 is 13.3 Å². The maximum Gasteiger partial charge on any atom is 0.113 e. The maximum absolute atomic E-state index is 8.86. The summed E-state index contributed by atoms with van der Waals surface area (Å²) in [6, 6.07) is 7.14. The van der Waals surface area contributed by atoms with Gasteiger partial charge in [0.1, 0.15) is 7.85 Å². The minimum absolute atomic E-state index is 0.0413. The molecule has 0 atom stereocenters. The van der Waals surface area contributed by atoms with Gasteiger partial charge >= 0.3 is 0 Å². The molecule has 2 radical (unpaired) electrons. The van der Waals surface area contributed by atoms with Crippen molar-refractivity contribution in [1.29, 1.82) is 0 Å². The highest BCUT2D eigenvalue weighted by Gasteiger charge is 2.07. The van der Waals surface area contributed by atoms with Crippen molar-refractivity contribution in [3.8, 4) is 0 Å². The van der Waals surface area contributed by atoms with Gasteiger partial charge in [0.15, 0.2) is 0 Å². The Kier molecular flexibility index (Phi) is 3.32. The number of benzene rings is 1. The van der Waals surface area contributed by atoms with Gasteiger partial charge in [0, 0.05) is 5.92 Å². The summed E-state index contributed by atoms with van der Waals surface area (Å²) in [5.74, 6) is -0.189. The Morgan fingerprint density at radius 2 is 1.58 bits per heavy atom. The van der Waals surface area contributed by atoms with Crippen molar-refractivity contribution in [3.05, 3.63) is 29.8 Å². The van der Waals surface area contributed by atoms with Crippen LogP contribution in [0.2, 0.25) is 0 Å². The lowest BCUT2D eigenvalue weighted by Gasteiger charge is -2.10. The third kappa shape index (κ3) is 2.09. The Morgan fingerprint density at radius 1 is 1.08 bits per heavy atom. The average molecular weight is 162 g/mol. The molecule has 62 valence electrons. The van der Waals surface area contributed by atoms with Crippen LogP contribution in [0.5, 0.6) is 0 Å². The summed E-state index contributed by atoms with van der Waals surface area (Å²) in [7, 11) is 5.48. The van der Waals surface area contributed by atoms with Crippen LogP contribution in [0.25, 0.3) is 0 Å². The smallest absolute Gasteiger partial charge is 0.113 e. The van der Waals surface area contributed by atoms with E-state index in [9.17, 15) is 0 Å². The number of hydrogen-bond donors (Lipinski definition) is 2. The minimum Gasteiger partial charge on any atom is -0.396 e. The standard InChI is InChI=1S/C9H11BO2/c10-9-3-1-7(2-4-9)8(5-11)6-12/h1-4,8,11-12H,5-6H2. The third-order valence-electron chi connectivity index (χ3n) is 1.85. The molecule has 12 heavy (non-hydrogen) atoms. The lowest BCUT2D eigenvalue weighted by molar-refractivity contribution is 0.192. The molecule has 0 aliphatic carbocycles. The molecule has 0 saturated carbocycles. The monoisotopic (exact) mass is 162 g/mol. The van der Waals surface area contributed by atoms with Crippen LogP contribution in [0.3, 0.4) is 0 Å². The first-order chi connectivity index (χ1) is 5.77. The van der Waals surface area contributed by atoms with E-state index in [0.29, 0.717) is 5.46 Å². The van der Waals surface area contributed by atoms with Crippen LogP contribution in [0.15, 0.2) is 24.3 Å². The van der Waals surface area contributed by atoms with Crippen molar-refractivity contribution in [2.75, 3.05) is 13.2 Å². The van der Waals surface area contributed by atoms with Crippen LogP contribution in [-0.2, 0) is 0 Å². The second-order valence-electron chi connectivity index (χ2n) is 2.73. The van der Waals surface area contributed by atoms with Gasteiger partial charge in [-0.05, 0) is 5.56 Å². The predicted molar refractivity (Wildman–Crippen MR) is 48.7 cm³/mol. The molecule has 0 aliphatic rings. The van der Waals surface area contributed by atoms with E-state index >= 15 is 0 Å². The van der Waals surface area contributed by atoms with E-state index in [0.717, 1.165) is 5.56 Å². The third-order valence-corrected chi connectivity index (χ3v) is 1.85. The van der Waals surface area contributed by atoms with Crippen LogP contribution in [0.4, 0.5) is 0 Å². The fourth-order valence-electron chi connectivity index (χ4n) is 1.04. The zero-order valence-corrected chi connectivity index (χ0v) is 6.77. The molecule has 0 bridgehead atoms. The van der Waals surface area contributed by atoms with Crippen LogP contribution in [-0.4, -0.2) is 31.3 Å². The second-order valence-corrected chi connectivity index (χ2v) is 2.73. The fourth-order valence-corrected chi connectivity index (χ4v) is 1.04. The second kappa shape index (κ2) is 4.29. The lowest BCUT2D eigenvalue weighted by atomic mass is 9.92. The topological polar surface area (TPSA) is 40.5 Å². The van der Waals surface area contributed by atoms with Crippen molar-refractivity contribution in [2.24, 2.45) is 0 Å². The van der Waals surface area contributed by atoms with E-state index in [1.165, 1.54) is 0 Å². The number of rotatable bonds is 3. The van der Waals surface area contributed by atoms with Gasteiger partial charge in [-0.3, -0.25) is 0 Å². The molecule has 0 spiro atoms. The van der Waals surface area contributed by atoms with Gasteiger partial charge in [0.05, 0.1) is 13.2 Å². The molecule has 1 aromatic carbocycles. The first kappa shape index (κ1) is 9.29. The Bertz CT molecular complexity index is 229. The van der Waals surface area contributed by atoms with Gasteiger partial charge in [0.2, 0.25) is 0 Å². The molecule has 0 saturated heterocycles. The minimum atomic E-state index is -0.189. The zero-order chi connectivity index (χ0) is 8.97. The number of aliphatic hydroxyl groups excluding tert-OH is 2. The average Bonchev–Trinajstić information content (AvgIpc) is 2.10. The summed E-state index contributed by atoms with van der Waals surface area (Å²) in [6.45, 7) is -0.0825. The summed E-state index contributed by atoms with van der Waals surface area (Å²) < 4.78 is 0. The Labute approximate surface area is 73.3 Å². The molecule has 0 amide bonds. The molecule has 3 heteroatoms. The number of aliphatic hydroxyl groups is 2. The maximum atomic E-state index is 8.86. The highest BCUT2D eigenvalue weighted by atomic mass is 16.3. The van der Waals surface area contributed by atoms with Crippen molar-refractivity contribution in [3.63, 3.8) is 0 Å². The molecule has 0 aromatic heterocycles. The van der Waals surface area contributed by atoms with Crippen LogP contribution in [0.1, 0.15) is 11.5 Å². The first-order valence-corrected chi connectivity index (χ1v) is 3.85. The molecule has 1 aromatic rings. The molecule has 2 nitrogen and oxygen atoms in total. The SMILES string of the molecule is [B]c1ccc(C(CO)CO)cc1. The quantitative estimate of drug-likeness (QED) is 0.591. The van der Waals surface area contributed by atoms with E-state index < -0.39 is 0 Å². The van der Waals surface area contributed by atoms with Gasteiger partial charge in [-0.1, -0.05) is 29.7 Å². The van der Waals surface area contributed by atoms with Crippen LogP contribution >= 0.6 is 0 Å². The Balaban J connectivity index is 2.80. The van der Waals surface area contributed by atoms with E-state index in [1.54, 1.807) is 12.1 Å². The normalized spacial score (nSPS) is 10.6. The van der Waals surface area contributed by atoms with Crippen molar-refractivity contribution in [1.82, 2.24) is 0 Å². The molecular formula is C9H11BO2. The van der Waals surface area contributed by atoms with E-state index in [2.05, 4.69) is 0 Å². The molecule has 2 N–H and O–H groups in total. The molecule has 0 heterocycles. The number of hydrogen-bond acceptors (Lipinski definition) is 2. The summed E-state index contributed by atoms with van der Waals surface area (Å²) in [6.07, 6.45) is 0. The highest BCUT2D eigenvalue weighted by Crippen LogP contribution is 2.12. The first-order valence-electron chi connectivity index (χ1n) is 3.85. The van der Waals surface area contributed by atoms with Gasteiger partial charge in [-0.25, -0.2) is 0 Å². The van der Waals surface area contributed by atoms with Gasteiger partial charge in [0.25, 0.3) is 0 Å². The van der Waals surface area contributed by atoms with Crippen molar-refractivity contribution < 1.29 is 10.2 Å². The highest BCUT2D eigenvalue weighted by molar-refractivity contribution is 6.32. The summed E-state index contributed by atoms with van der Waals surface area (Å²) in [4.78, 5) is 0. The molecule has 0 fully saturated rings. The Hall–Kier alpha value is -0.795. The predicted octanol–water partition coefficient (Wildman–Crippen LogP) is -0.451. The van der Waals surface area contributed by atoms with Crippen LogP contribution in [0, 0.1) is 0 Å². The van der Waals surface area contributed by atoms with Crippen LogP contribution < -0.4 is 5.46 Å². The van der Waals surface area contributed by atoms with Gasteiger partial charge in [-0.15, -0.1) is 0 Å². The Morgan fingerprint density at radius 3 is 2.00 bits per heavy atom. The van der Waals surface area contributed by atoms with E-state index in [-0.39, 0.29) is 19.1 Å². The van der Waals surface area contributed by atoms with E-state index in [1.807, 2.05) is 12.1 Å². The van der Waals surface area contributed by atoms with Gasteiger partial charge < -0.3 is 10.2 Å². The summed E-state index contributed by atoms with van der Waals surface area (Å²) >= 11 is 0. The largest absolute Gasteiger partial charge is 0.396 e. The van der Waals surface area contributed by atoms with Crippen molar-refractivity contribution in [2.45, 2.75) is 5.92 Å². The molecular weight excluding hydrogens is 151 g/mol. The fraction of sp³-hybridized carbons (Fsp3) is 0.333. The summed E-state index contributed by atoms with van der Waals surface area (Å²) in [5.41, 5.74) is 1.60. The summed E-state index contributed by atoms with van der Waals surface area (Å²) in [5, 5.41) is 17.7. The molecule has 1 rings (SSSR count). The zero-order valence-electron chi connectivity index (χ0n) is 6.77. The van der Waals surface area contributed by atoms with E-state index in [4.69, 9.17) is 18.1 Å². The molecule has 0 unspecified atom stereocenters.